The molecule has 3 aliphatic heterocycles. The van der Waals surface area contributed by atoms with Crippen LogP contribution in [-0.4, -0.2) is 87.0 Å². The summed E-state index contributed by atoms with van der Waals surface area (Å²) in [4.78, 5) is 36.1. The lowest BCUT2D eigenvalue weighted by molar-refractivity contribution is -0.142. The van der Waals surface area contributed by atoms with E-state index in [1.165, 1.54) is 12.1 Å². The molecule has 0 bridgehead atoms. The van der Waals surface area contributed by atoms with Crippen LogP contribution in [0.1, 0.15) is 47.1 Å². The van der Waals surface area contributed by atoms with Gasteiger partial charge in [-0.2, -0.15) is 18.4 Å². The highest BCUT2D eigenvalue weighted by Gasteiger charge is 2.45. The largest absolute Gasteiger partial charge is 0.497 e. The van der Waals surface area contributed by atoms with Crippen LogP contribution in [0, 0.1) is 29.1 Å². The summed E-state index contributed by atoms with van der Waals surface area (Å²) in [6.07, 6.45) is -2.30. The highest BCUT2D eigenvalue weighted by atomic mass is 19.4. The molecule has 3 fully saturated rings. The predicted octanol–water partition coefficient (Wildman–Crippen LogP) is 5.39. The molecule has 6 rings (SSSR count). The van der Waals surface area contributed by atoms with E-state index >= 15 is 0 Å². The lowest BCUT2D eigenvalue weighted by Gasteiger charge is -2.35. The Bertz CT molecular complexity index is 1740. The van der Waals surface area contributed by atoms with Crippen molar-refractivity contribution in [1.29, 1.82) is 5.26 Å². The van der Waals surface area contributed by atoms with E-state index in [1.807, 2.05) is 40.1 Å². The van der Waals surface area contributed by atoms with Gasteiger partial charge in [0.1, 0.15) is 17.5 Å². The van der Waals surface area contributed by atoms with E-state index in [0.29, 0.717) is 75.7 Å². The Labute approximate surface area is 289 Å². The molecule has 50 heavy (non-hydrogen) atoms. The Morgan fingerprint density at radius 1 is 0.960 bits per heavy atom. The summed E-state index contributed by atoms with van der Waals surface area (Å²) in [6.45, 7) is 2.56. The summed E-state index contributed by atoms with van der Waals surface area (Å²) in [5.74, 6) is -1.88. The van der Waals surface area contributed by atoms with Crippen LogP contribution in [-0.2, 0) is 20.5 Å². The van der Waals surface area contributed by atoms with Crippen LogP contribution >= 0.6 is 0 Å². The number of methoxy groups -OCH3 is 2. The highest BCUT2D eigenvalue weighted by Crippen LogP contribution is 2.44. The zero-order valence-corrected chi connectivity index (χ0v) is 28.0. The third-order valence-corrected chi connectivity index (χ3v) is 10.5. The van der Waals surface area contributed by atoms with Gasteiger partial charge in [0.15, 0.2) is 0 Å². The number of carbonyl (C=O) groups is 2. The Morgan fingerprint density at radius 3 is 2.34 bits per heavy atom. The second-order valence-electron chi connectivity index (χ2n) is 13.3. The molecule has 3 aliphatic rings. The number of aromatic nitrogens is 1. The lowest BCUT2D eigenvalue weighted by atomic mass is 9.86. The first-order valence-electron chi connectivity index (χ1n) is 16.7. The molecule has 10 nitrogen and oxygen atoms in total. The normalized spacial score (nSPS) is 22.8. The quantitative estimate of drug-likeness (QED) is 0.315. The van der Waals surface area contributed by atoms with E-state index in [0.717, 1.165) is 17.3 Å². The summed E-state index contributed by atoms with van der Waals surface area (Å²) in [7, 11) is 3.17. The zero-order chi connectivity index (χ0) is 35.6. The number of ether oxygens (including phenoxy) is 2. The molecular formula is C37H40F3N5O5. The van der Waals surface area contributed by atoms with E-state index in [9.17, 15) is 33.1 Å². The van der Waals surface area contributed by atoms with Crippen molar-refractivity contribution < 1.29 is 37.3 Å². The fourth-order valence-corrected chi connectivity index (χ4v) is 7.83. The fourth-order valence-electron chi connectivity index (χ4n) is 7.83. The molecule has 4 heterocycles. The highest BCUT2D eigenvalue weighted by molar-refractivity contribution is 5.82. The second-order valence-corrected chi connectivity index (χ2v) is 13.3. The second kappa shape index (κ2) is 14.6. The Kier molecular flexibility index (Phi) is 10.2. The van der Waals surface area contributed by atoms with Gasteiger partial charge in [-0.25, -0.2) is 4.98 Å². The maximum atomic E-state index is 14.6. The molecule has 1 amide bonds. The molecule has 0 spiro atoms. The Hall–Kier alpha value is -4.83. The topological polar surface area (TPSA) is 119 Å². The van der Waals surface area contributed by atoms with Gasteiger partial charge in [-0.1, -0.05) is 18.2 Å². The minimum absolute atomic E-state index is 0.0535. The monoisotopic (exact) mass is 691 g/mol. The van der Waals surface area contributed by atoms with E-state index in [1.54, 1.807) is 26.5 Å². The molecule has 1 aromatic heterocycles. The van der Waals surface area contributed by atoms with Gasteiger partial charge in [-0.15, -0.1) is 0 Å². The van der Waals surface area contributed by atoms with Gasteiger partial charge < -0.3 is 29.3 Å². The van der Waals surface area contributed by atoms with Crippen LogP contribution in [0.15, 0.2) is 60.8 Å². The third kappa shape index (κ3) is 7.21. The van der Waals surface area contributed by atoms with Crippen molar-refractivity contribution in [3.63, 3.8) is 0 Å². The summed E-state index contributed by atoms with van der Waals surface area (Å²) in [5.41, 5.74) is 2.41. The zero-order valence-electron chi connectivity index (χ0n) is 28.0. The van der Waals surface area contributed by atoms with Crippen LogP contribution in [0.3, 0.4) is 0 Å². The standard InChI is InChI=1S/C37H40F3N5O5/c1-49-22-25-18-45(20-32(25)30-8-5-26(37(38,39)40)15-34(30)43-13-10-24(11-14-43)36(47)48)35(46)33-21-44(28-9-12-42-27(16-28)17-41)19-31(33)23-3-6-29(50-2)7-4-23/h3-9,12,15-16,24-25,31-33H,10-11,13-14,18-22H2,1-2H3,(H,47,48)/t25-,31+,32+,33-/m1/s1. The van der Waals surface area contributed by atoms with Crippen molar-refractivity contribution in [2.45, 2.75) is 30.9 Å². The number of rotatable bonds is 9. The Balaban J connectivity index is 1.31. The van der Waals surface area contributed by atoms with Gasteiger partial charge in [0.25, 0.3) is 0 Å². The molecular weight excluding hydrogens is 651 g/mol. The van der Waals surface area contributed by atoms with Gasteiger partial charge in [-0.05, 0) is 60.4 Å². The number of carboxylic acids is 1. The number of alkyl halides is 3. The average Bonchev–Trinajstić information content (AvgIpc) is 3.76. The van der Waals surface area contributed by atoms with Crippen LogP contribution in [0.5, 0.6) is 5.75 Å². The SMILES string of the molecule is COC[C@H]1CN(C(=O)[C@@H]2CN(c3ccnc(C#N)c3)C[C@H]2c2ccc(OC)cc2)C[C@@H]1c1ccc(C(F)(F)F)cc1N1CCC(C(=O)O)CC1. The van der Waals surface area contributed by atoms with E-state index in [2.05, 4.69) is 16.0 Å². The van der Waals surface area contributed by atoms with E-state index in [4.69, 9.17) is 9.47 Å². The van der Waals surface area contributed by atoms with Crippen molar-refractivity contribution >= 4 is 23.3 Å². The molecule has 0 radical (unpaired) electrons. The van der Waals surface area contributed by atoms with E-state index in [-0.39, 0.29) is 29.4 Å². The number of pyridine rings is 1. The fraction of sp³-hybridized carbons (Fsp3) is 0.459. The molecule has 4 atom stereocenters. The van der Waals surface area contributed by atoms with Crippen molar-refractivity contribution in [3.05, 3.63) is 83.2 Å². The summed E-state index contributed by atoms with van der Waals surface area (Å²) >= 11 is 0. The van der Waals surface area contributed by atoms with Crippen LogP contribution in [0.25, 0.3) is 0 Å². The van der Waals surface area contributed by atoms with E-state index < -0.39 is 29.5 Å². The van der Waals surface area contributed by atoms with Crippen molar-refractivity contribution in [1.82, 2.24) is 9.88 Å². The summed E-state index contributed by atoms with van der Waals surface area (Å²) < 4.78 is 52.9. The maximum absolute atomic E-state index is 14.6. The van der Waals surface area contributed by atoms with Gasteiger partial charge in [0.05, 0.1) is 31.1 Å². The first-order valence-corrected chi connectivity index (χ1v) is 16.7. The predicted molar refractivity (Wildman–Crippen MR) is 179 cm³/mol. The molecule has 264 valence electrons. The maximum Gasteiger partial charge on any atom is 0.416 e. The van der Waals surface area contributed by atoms with Crippen molar-refractivity contribution in [2.75, 3.05) is 69.9 Å². The molecule has 0 saturated carbocycles. The van der Waals surface area contributed by atoms with Gasteiger partial charge >= 0.3 is 12.1 Å². The number of nitrogens with zero attached hydrogens (tertiary/aromatic N) is 5. The molecule has 3 aromatic rings. The molecule has 0 aliphatic carbocycles. The number of amides is 1. The molecule has 1 N–H and O–H groups in total. The number of halogens is 3. The number of hydrogen-bond acceptors (Lipinski definition) is 8. The first-order chi connectivity index (χ1) is 24.0. The molecule has 0 unspecified atom stereocenters. The van der Waals surface area contributed by atoms with Crippen LogP contribution in [0.4, 0.5) is 24.5 Å². The number of anilines is 2. The summed E-state index contributed by atoms with van der Waals surface area (Å²) in [5, 5.41) is 19.0. The van der Waals surface area contributed by atoms with Crippen LogP contribution in [0.2, 0.25) is 0 Å². The van der Waals surface area contributed by atoms with Crippen LogP contribution < -0.4 is 14.5 Å². The minimum atomic E-state index is -4.55. The van der Waals surface area contributed by atoms with Gasteiger partial charge in [-0.3, -0.25) is 9.59 Å². The number of benzene rings is 2. The van der Waals surface area contributed by atoms with Gasteiger partial charge in [0, 0.05) is 81.7 Å². The molecule has 2 aromatic carbocycles. The number of aliphatic carboxylic acids is 1. The summed E-state index contributed by atoms with van der Waals surface area (Å²) in [6, 6.07) is 17.1. The Morgan fingerprint density at radius 2 is 1.70 bits per heavy atom. The number of carbonyl (C=O) groups excluding carboxylic acids is 1. The average molecular weight is 692 g/mol. The number of likely N-dealkylation sites (tertiary alicyclic amines) is 1. The molecule has 13 heteroatoms. The van der Waals surface area contributed by atoms with Gasteiger partial charge in [0.2, 0.25) is 5.91 Å². The van der Waals surface area contributed by atoms with Crippen molar-refractivity contribution in [2.24, 2.45) is 17.8 Å². The third-order valence-electron chi connectivity index (χ3n) is 10.5. The molecule has 3 saturated heterocycles. The number of nitriles is 1. The number of hydrogen-bond donors (Lipinski definition) is 1. The minimum Gasteiger partial charge on any atom is -0.497 e. The first kappa shape index (κ1) is 35.0. The van der Waals surface area contributed by atoms with Crippen molar-refractivity contribution in [3.8, 4) is 11.8 Å². The number of piperidine rings is 1. The smallest absolute Gasteiger partial charge is 0.416 e. The lowest BCUT2D eigenvalue weighted by Crippen LogP contribution is -2.38. The number of carboxylic acid groups (broad SMARTS) is 1.